The summed E-state index contributed by atoms with van der Waals surface area (Å²) in [6.45, 7) is 11.3. The lowest BCUT2D eigenvalue weighted by molar-refractivity contribution is -0.121. The number of nitrogens with zero attached hydrogens (tertiary/aromatic N) is 1. The van der Waals surface area contributed by atoms with Crippen LogP contribution in [0.15, 0.2) is 30.5 Å². The van der Waals surface area contributed by atoms with E-state index in [-0.39, 0.29) is 22.1 Å². The van der Waals surface area contributed by atoms with E-state index < -0.39 is 0 Å². The zero-order valence-corrected chi connectivity index (χ0v) is 18.5. The van der Waals surface area contributed by atoms with E-state index in [1.807, 2.05) is 6.20 Å². The normalized spacial score (nSPS) is 31.9. The van der Waals surface area contributed by atoms with E-state index in [0.717, 1.165) is 43.0 Å². The Labute approximate surface area is 174 Å². The summed E-state index contributed by atoms with van der Waals surface area (Å²) in [4.78, 5) is 17.0. The number of rotatable bonds is 4. The van der Waals surface area contributed by atoms with Crippen LogP contribution in [-0.4, -0.2) is 10.8 Å². The Bertz CT molecular complexity index is 925. The molecule has 2 aromatic rings. The molecular formula is C26H34FNO. The maximum absolute atomic E-state index is 13.9. The molecule has 0 amide bonds. The predicted octanol–water partition coefficient (Wildman–Crippen LogP) is 7.07. The summed E-state index contributed by atoms with van der Waals surface area (Å²) < 4.78 is 13.9. The van der Waals surface area contributed by atoms with E-state index in [1.54, 1.807) is 12.1 Å². The quantitative estimate of drug-likeness (QED) is 0.554. The zero-order valence-electron chi connectivity index (χ0n) is 18.5. The highest BCUT2D eigenvalue weighted by molar-refractivity contribution is 5.82. The first kappa shape index (κ1) is 20.5. The molecule has 2 nitrogen and oxygen atoms in total. The van der Waals surface area contributed by atoms with Crippen LogP contribution < -0.4 is 0 Å². The number of hydrogen-bond acceptors (Lipinski definition) is 2. The zero-order chi connectivity index (χ0) is 21.0. The minimum absolute atomic E-state index is 0.0716. The molecule has 0 saturated heterocycles. The summed E-state index contributed by atoms with van der Waals surface area (Å²) >= 11 is 0. The maximum atomic E-state index is 13.9. The van der Waals surface area contributed by atoms with Gasteiger partial charge in [-0.2, -0.15) is 0 Å². The fraction of sp³-hybridized carbons (Fsp3) is 0.615. The molecule has 1 aromatic carbocycles. The van der Waals surface area contributed by atoms with Gasteiger partial charge in [-0.05, 0) is 83.6 Å². The predicted molar refractivity (Wildman–Crippen MR) is 116 cm³/mol. The summed E-state index contributed by atoms with van der Waals surface area (Å²) in [6.07, 6.45) is 7.76. The lowest BCUT2D eigenvalue weighted by atomic mass is 9.71. The molecule has 1 heterocycles. The van der Waals surface area contributed by atoms with Gasteiger partial charge in [0.05, 0.1) is 5.52 Å². The molecule has 29 heavy (non-hydrogen) atoms. The van der Waals surface area contributed by atoms with E-state index in [1.165, 1.54) is 11.6 Å². The first-order valence-corrected chi connectivity index (χ1v) is 11.0. The van der Waals surface area contributed by atoms with Gasteiger partial charge in [0.25, 0.3) is 0 Å². The highest BCUT2D eigenvalue weighted by Crippen LogP contribution is 2.68. The second-order valence-corrected chi connectivity index (χ2v) is 11.5. The number of carbonyl (C=O) groups excluding carboxylic acids is 1. The highest BCUT2D eigenvalue weighted by atomic mass is 19.1. The largest absolute Gasteiger partial charge is 0.300 e. The fourth-order valence-electron chi connectivity index (χ4n) is 6.50. The van der Waals surface area contributed by atoms with Crippen molar-refractivity contribution < 1.29 is 9.18 Å². The third-order valence-electron chi connectivity index (χ3n) is 7.75. The van der Waals surface area contributed by atoms with Gasteiger partial charge in [0, 0.05) is 24.4 Å². The van der Waals surface area contributed by atoms with Crippen molar-refractivity contribution in [2.45, 2.75) is 79.1 Å². The van der Waals surface area contributed by atoms with Gasteiger partial charge in [-0.25, -0.2) is 4.39 Å². The third-order valence-corrected chi connectivity index (χ3v) is 7.75. The molecule has 2 saturated carbocycles. The van der Waals surface area contributed by atoms with E-state index in [2.05, 4.69) is 45.7 Å². The third kappa shape index (κ3) is 3.85. The van der Waals surface area contributed by atoms with Crippen LogP contribution in [0.1, 0.15) is 84.6 Å². The number of benzene rings is 1. The van der Waals surface area contributed by atoms with Crippen molar-refractivity contribution in [1.82, 2.24) is 4.98 Å². The topological polar surface area (TPSA) is 30.0 Å². The number of Topliss-reactive ketones (excluding diaryl/α,β-unsaturated/α-hetero) is 1. The van der Waals surface area contributed by atoms with Crippen LogP contribution in [0.2, 0.25) is 0 Å². The Morgan fingerprint density at radius 3 is 2.38 bits per heavy atom. The van der Waals surface area contributed by atoms with Gasteiger partial charge < -0.3 is 0 Å². The van der Waals surface area contributed by atoms with Crippen molar-refractivity contribution in [1.29, 1.82) is 0 Å². The second kappa shape index (κ2) is 6.89. The van der Waals surface area contributed by atoms with Crippen LogP contribution in [0.25, 0.3) is 10.9 Å². The molecule has 4 rings (SSSR count). The number of halogens is 1. The van der Waals surface area contributed by atoms with Crippen LogP contribution in [0.3, 0.4) is 0 Å². The lowest BCUT2D eigenvalue weighted by Gasteiger charge is -2.34. The minimum Gasteiger partial charge on any atom is -0.300 e. The Kier molecular flexibility index (Phi) is 4.87. The van der Waals surface area contributed by atoms with Crippen LogP contribution in [0.4, 0.5) is 4.39 Å². The van der Waals surface area contributed by atoms with Gasteiger partial charge in [-0.15, -0.1) is 0 Å². The van der Waals surface area contributed by atoms with Crippen LogP contribution in [-0.2, 0) is 4.79 Å². The summed E-state index contributed by atoms with van der Waals surface area (Å²) in [5.74, 6) is 1.16. The molecule has 156 valence electrons. The van der Waals surface area contributed by atoms with Crippen LogP contribution in [0, 0.1) is 28.0 Å². The molecule has 0 aliphatic heterocycles. The smallest absolute Gasteiger partial charge is 0.133 e. The first-order chi connectivity index (χ1) is 13.5. The SMILES string of the molecule is CC(C)(C)CC(=O)CC1C[C@@]2(C)CC(c3ccnc4ccc(F)cc34)C[C@@]2(C)C1. The number of pyridine rings is 1. The monoisotopic (exact) mass is 395 g/mol. The minimum atomic E-state index is -0.195. The molecular weight excluding hydrogens is 361 g/mol. The Morgan fingerprint density at radius 2 is 1.76 bits per heavy atom. The van der Waals surface area contributed by atoms with Crippen LogP contribution in [0.5, 0.6) is 0 Å². The molecule has 0 radical (unpaired) electrons. The Hall–Kier alpha value is -1.77. The van der Waals surface area contributed by atoms with Crippen molar-refractivity contribution in [3.63, 3.8) is 0 Å². The van der Waals surface area contributed by atoms with Crippen molar-refractivity contribution in [2.75, 3.05) is 0 Å². The Balaban J connectivity index is 1.53. The fourth-order valence-corrected chi connectivity index (χ4v) is 6.50. The molecule has 1 aromatic heterocycles. The maximum Gasteiger partial charge on any atom is 0.133 e. The van der Waals surface area contributed by atoms with E-state index in [0.29, 0.717) is 24.0 Å². The van der Waals surface area contributed by atoms with E-state index in [9.17, 15) is 9.18 Å². The first-order valence-electron chi connectivity index (χ1n) is 11.0. The number of hydrogen-bond donors (Lipinski definition) is 0. The molecule has 0 spiro atoms. The van der Waals surface area contributed by atoms with E-state index >= 15 is 0 Å². The standard InChI is InChI=1S/C26H34FNO/c1-24(2,3)16-20(29)10-17-12-25(4)14-18(15-26(25,5)13-17)21-8-9-28-23-7-6-19(27)11-22(21)23/h6-9,11,17-18H,10,12-16H2,1-5H3/t17?,18?,25-,26+. The van der Waals surface area contributed by atoms with Gasteiger partial charge in [-0.1, -0.05) is 34.6 Å². The van der Waals surface area contributed by atoms with Gasteiger partial charge in [-0.3, -0.25) is 9.78 Å². The summed E-state index contributed by atoms with van der Waals surface area (Å²) in [5, 5.41) is 0.960. The highest BCUT2D eigenvalue weighted by Gasteiger charge is 2.58. The number of aromatic nitrogens is 1. The second-order valence-electron chi connectivity index (χ2n) is 11.5. The van der Waals surface area contributed by atoms with Crippen molar-refractivity contribution in [2.24, 2.45) is 22.2 Å². The Morgan fingerprint density at radius 1 is 1.10 bits per heavy atom. The molecule has 2 aliphatic rings. The summed E-state index contributed by atoms with van der Waals surface area (Å²) in [5.41, 5.74) is 2.68. The lowest BCUT2D eigenvalue weighted by Crippen LogP contribution is -2.25. The van der Waals surface area contributed by atoms with Gasteiger partial charge in [0.2, 0.25) is 0 Å². The van der Waals surface area contributed by atoms with Crippen molar-refractivity contribution in [3.05, 3.63) is 41.8 Å². The van der Waals surface area contributed by atoms with Gasteiger partial charge in [0.15, 0.2) is 0 Å². The molecule has 2 aliphatic carbocycles. The van der Waals surface area contributed by atoms with Gasteiger partial charge in [0.1, 0.15) is 11.6 Å². The average Bonchev–Trinajstić information content (AvgIpc) is 2.95. The van der Waals surface area contributed by atoms with Crippen LogP contribution >= 0.6 is 0 Å². The molecule has 3 heteroatoms. The molecule has 0 bridgehead atoms. The summed E-state index contributed by atoms with van der Waals surface area (Å²) in [7, 11) is 0. The van der Waals surface area contributed by atoms with Gasteiger partial charge >= 0.3 is 0 Å². The van der Waals surface area contributed by atoms with Crippen molar-refractivity contribution in [3.8, 4) is 0 Å². The average molecular weight is 396 g/mol. The van der Waals surface area contributed by atoms with Crippen molar-refractivity contribution >= 4 is 16.7 Å². The number of ketones is 1. The molecule has 2 unspecified atom stereocenters. The molecule has 4 atom stereocenters. The molecule has 2 fully saturated rings. The number of carbonyl (C=O) groups is 1. The summed E-state index contributed by atoms with van der Waals surface area (Å²) in [6, 6.07) is 7.00. The number of fused-ring (bicyclic) bond motifs is 2. The molecule has 0 N–H and O–H groups in total. The van der Waals surface area contributed by atoms with E-state index in [4.69, 9.17) is 0 Å².